The van der Waals surface area contributed by atoms with Gasteiger partial charge in [-0.05, 0) is 53.6 Å². The van der Waals surface area contributed by atoms with Gasteiger partial charge in [0.2, 0.25) is 5.91 Å². The van der Waals surface area contributed by atoms with Crippen LogP contribution in [0.1, 0.15) is 33.4 Å². The number of carbonyl (C=O) groups is 2. The highest BCUT2D eigenvalue weighted by Gasteiger charge is 2.42. The van der Waals surface area contributed by atoms with Crippen LogP contribution in [-0.2, 0) is 4.79 Å². The van der Waals surface area contributed by atoms with E-state index in [2.05, 4.69) is 10.3 Å². The van der Waals surface area contributed by atoms with Crippen LogP contribution in [0.2, 0.25) is 0 Å². The van der Waals surface area contributed by atoms with Crippen molar-refractivity contribution >= 4 is 28.4 Å². The molecule has 2 N–H and O–H groups in total. The van der Waals surface area contributed by atoms with Crippen molar-refractivity contribution in [2.45, 2.75) is 12.0 Å². The molecule has 7 nitrogen and oxygen atoms in total. The first-order chi connectivity index (χ1) is 16.5. The van der Waals surface area contributed by atoms with Crippen molar-refractivity contribution in [2.24, 2.45) is 0 Å². The lowest BCUT2D eigenvalue weighted by Gasteiger charge is -2.40. The minimum Gasteiger partial charge on any atom is -0.493 e. The average molecular weight is 456 g/mol. The molecule has 2 amide bonds. The minimum atomic E-state index is -0.626. The van der Waals surface area contributed by atoms with Gasteiger partial charge in [0.15, 0.2) is 11.5 Å². The van der Waals surface area contributed by atoms with Gasteiger partial charge < -0.3 is 24.7 Å². The third kappa shape index (κ3) is 3.55. The number of rotatable bonds is 5. The summed E-state index contributed by atoms with van der Waals surface area (Å²) in [6.45, 7) is 0. The van der Waals surface area contributed by atoms with E-state index in [4.69, 9.17) is 9.47 Å². The van der Waals surface area contributed by atoms with Crippen LogP contribution in [0, 0.1) is 0 Å². The second kappa shape index (κ2) is 8.59. The van der Waals surface area contributed by atoms with Crippen LogP contribution in [0.4, 0.5) is 5.69 Å². The number of nitrogens with zero attached hydrogens (tertiary/aromatic N) is 1. The lowest BCUT2D eigenvalue weighted by molar-refractivity contribution is -0.119. The molecule has 0 saturated carbocycles. The molecule has 2 atom stereocenters. The van der Waals surface area contributed by atoms with Gasteiger partial charge >= 0.3 is 0 Å². The number of aromatic nitrogens is 1. The predicted molar refractivity (Wildman–Crippen MR) is 130 cm³/mol. The lowest BCUT2D eigenvalue weighted by atomic mass is 9.79. The minimum absolute atomic E-state index is 0.131. The van der Waals surface area contributed by atoms with E-state index in [0.29, 0.717) is 28.3 Å². The van der Waals surface area contributed by atoms with Crippen LogP contribution in [0.3, 0.4) is 0 Å². The number of fused-ring (bicyclic) bond motifs is 2. The Bertz CT molecular complexity index is 1390. The first kappa shape index (κ1) is 21.6. The van der Waals surface area contributed by atoms with E-state index in [1.165, 1.54) is 0 Å². The van der Waals surface area contributed by atoms with Crippen LogP contribution < -0.4 is 14.8 Å². The fourth-order valence-electron chi connectivity index (χ4n) is 4.76. The Hall–Kier alpha value is -4.26. The first-order valence-electron chi connectivity index (χ1n) is 11.0. The fraction of sp³-hybridized carbons (Fsp3) is 0.185. The van der Waals surface area contributed by atoms with E-state index < -0.39 is 12.0 Å². The van der Waals surface area contributed by atoms with Crippen molar-refractivity contribution in [3.05, 3.63) is 89.6 Å². The zero-order chi connectivity index (χ0) is 23.8. The van der Waals surface area contributed by atoms with Crippen molar-refractivity contribution in [1.29, 1.82) is 0 Å². The molecule has 0 aliphatic carbocycles. The van der Waals surface area contributed by atoms with E-state index in [1.54, 1.807) is 38.3 Å². The highest BCUT2D eigenvalue weighted by molar-refractivity contribution is 6.04. The zero-order valence-electron chi connectivity index (χ0n) is 19.2. The van der Waals surface area contributed by atoms with Crippen LogP contribution in [0.25, 0.3) is 10.9 Å². The summed E-state index contributed by atoms with van der Waals surface area (Å²) >= 11 is 0. The second-order valence-electron chi connectivity index (χ2n) is 8.31. The van der Waals surface area contributed by atoms with E-state index in [-0.39, 0.29) is 11.8 Å². The molecule has 34 heavy (non-hydrogen) atoms. The van der Waals surface area contributed by atoms with Gasteiger partial charge in [-0.2, -0.15) is 0 Å². The Morgan fingerprint density at radius 2 is 1.76 bits per heavy atom. The van der Waals surface area contributed by atoms with E-state index in [1.807, 2.05) is 60.8 Å². The number of carbonyl (C=O) groups excluding carboxylic acids is 2. The van der Waals surface area contributed by atoms with Crippen LogP contribution >= 0.6 is 0 Å². The number of aromatic amines is 1. The van der Waals surface area contributed by atoms with Crippen LogP contribution in [-0.4, -0.2) is 43.0 Å². The van der Waals surface area contributed by atoms with Gasteiger partial charge in [0.05, 0.1) is 26.2 Å². The summed E-state index contributed by atoms with van der Waals surface area (Å²) < 4.78 is 10.9. The molecular weight excluding hydrogens is 430 g/mol. The van der Waals surface area contributed by atoms with E-state index >= 15 is 0 Å². The number of hydrogen-bond acceptors (Lipinski definition) is 4. The third-order valence-corrected chi connectivity index (χ3v) is 6.43. The summed E-state index contributed by atoms with van der Waals surface area (Å²) in [6.07, 6.45) is 1.86. The van der Waals surface area contributed by atoms with Gasteiger partial charge in [-0.3, -0.25) is 9.59 Å². The molecule has 0 spiro atoms. The quantitative estimate of drug-likeness (QED) is 0.456. The van der Waals surface area contributed by atoms with Crippen molar-refractivity contribution in [1.82, 2.24) is 9.88 Å². The number of hydrogen-bond donors (Lipinski definition) is 2. The molecule has 0 radical (unpaired) electrons. The number of benzene rings is 3. The van der Waals surface area contributed by atoms with Gasteiger partial charge in [0.1, 0.15) is 0 Å². The Morgan fingerprint density at radius 1 is 0.971 bits per heavy atom. The molecule has 0 fully saturated rings. The molecule has 5 rings (SSSR count). The topological polar surface area (TPSA) is 83.7 Å². The molecule has 172 valence electrons. The number of methoxy groups -OCH3 is 2. The smallest absolute Gasteiger partial charge is 0.254 e. The molecule has 1 aliphatic rings. The number of H-pyrrole nitrogens is 1. The molecule has 4 aromatic rings. The molecule has 1 aliphatic heterocycles. The number of likely N-dealkylation sites (N-methyl/N-ethyl adjacent to an activating group) is 1. The lowest BCUT2D eigenvalue weighted by Crippen LogP contribution is -2.44. The molecule has 2 heterocycles. The average Bonchev–Trinajstić information content (AvgIpc) is 3.33. The summed E-state index contributed by atoms with van der Waals surface area (Å²) in [5.74, 6) is 0.169. The molecule has 1 aromatic heterocycles. The molecule has 2 unspecified atom stereocenters. The van der Waals surface area contributed by atoms with Crippen LogP contribution in [0.5, 0.6) is 11.5 Å². The Morgan fingerprint density at radius 3 is 2.56 bits per heavy atom. The maximum Gasteiger partial charge on any atom is 0.254 e. The highest BCUT2D eigenvalue weighted by Crippen LogP contribution is 2.44. The number of nitrogens with one attached hydrogen (secondary N) is 2. The number of ether oxygens (including phenoxy) is 2. The molecule has 7 heteroatoms. The fourth-order valence-corrected chi connectivity index (χ4v) is 4.76. The molecule has 0 saturated heterocycles. The first-order valence-corrected chi connectivity index (χ1v) is 11.0. The predicted octanol–water partition coefficient (Wildman–Crippen LogP) is 4.73. The van der Waals surface area contributed by atoms with Gasteiger partial charge in [-0.15, -0.1) is 0 Å². The van der Waals surface area contributed by atoms with Gasteiger partial charge in [0.25, 0.3) is 5.91 Å². The summed E-state index contributed by atoms with van der Waals surface area (Å²) in [5, 5.41) is 4.08. The SMILES string of the molecule is COc1ccc(C2C(C(=O)Nc3ccc4[nH]ccc4c3)c3ccccc3C(=O)N2C)cc1OC. The number of anilines is 1. The van der Waals surface area contributed by atoms with Gasteiger partial charge in [-0.25, -0.2) is 0 Å². The highest BCUT2D eigenvalue weighted by atomic mass is 16.5. The van der Waals surface area contributed by atoms with E-state index in [9.17, 15) is 9.59 Å². The maximum atomic E-state index is 13.8. The standard InChI is InChI=1S/C27H25N3O4/c1-30-25(17-8-11-22(33-2)23(15-17)34-3)24(19-6-4-5-7-20(19)27(30)32)26(31)29-18-9-10-21-16(14-18)12-13-28-21/h4-15,24-25,28H,1-3H3,(H,29,31). The van der Waals surface area contributed by atoms with Gasteiger partial charge in [-0.1, -0.05) is 24.3 Å². The largest absolute Gasteiger partial charge is 0.493 e. The van der Waals surface area contributed by atoms with Crippen molar-refractivity contribution < 1.29 is 19.1 Å². The third-order valence-electron chi connectivity index (χ3n) is 6.43. The molecular formula is C27H25N3O4. The van der Waals surface area contributed by atoms with Gasteiger partial charge in [0, 0.05) is 35.4 Å². The molecule has 3 aromatic carbocycles. The zero-order valence-corrected chi connectivity index (χ0v) is 19.2. The van der Waals surface area contributed by atoms with Crippen molar-refractivity contribution in [3.63, 3.8) is 0 Å². The summed E-state index contributed by atoms with van der Waals surface area (Å²) in [7, 11) is 4.86. The summed E-state index contributed by atoms with van der Waals surface area (Å²) in [6, 6.07) is 19.9. The monoisotopic (exact) mass is 455 g/mol. The van der Waals surface area contributed by atoms with E-state index in [0.717, 1.165) is 16.5 Å². The Kier molecular flexibility index (Phi) is 5.45. The Labute approximate surface area is 197 Å². The Balaban J connectivity index is 1.60. The summed E-state index contributed by atoms with van der Waals surface area (Å²) in [4.78, 5) is 31.8. The number of amides is 2. The van der Waals surface area contributed by atoms with Crippen molar-refractivity contribution in [2.75, 3.05) is 26.6 Å². The maximum absolute atomic E-state index is 13.8. The molecule has 0 bridgehead atoms. The van der Waals surface area contributed by atoms with Crippen molar-refractivity contribution in [3.8, 4) is 11.5 Å². The summed E-state index contributed by atoms with van der Waals surface area (Å²) in [5.41, 5.74) is 3.70. The second-order valence-corrected chi connectivity index (χ2v) is 8.31. The normalized spacial score (nSPS) is 17.4. The van der Waals surface area contributed by atoms with Crippen LogP contribution in [0.15, 0.2) is 72.9 Å².